The monoisotopic (exact) mass is 247 g/mol. The fourth-order valence-corrected chi connectivity index (χ4v) is 2.05. The van der Waals surface area contributed by atoms with Crippen LogP contribution in [-0.2, 0) is 11.2 Å². The summed E-state index contributed by atoms with van der Waals surface area (Å²) in [6.45, 7) is 0. The number of aliphatic carboxylic acids is 1. The number of nitro groups is 1. The van der Waals surface area contributed by atoms with Gasteiger partial charge in [0.1, 0.15) is 0 Å². The molecule has 0 amide bonds. The van der Waals surface area contributed by atoms with Gasteiger partial charge in [0.15, 0.2) is 5.78 Å². The number of carboxylic acids is 1. The van der Waals surface area contributed by atoms with E-state index < -0.39 is 16.7 Å². The Balaban J connectivity index is 2.52. The third kappa shape index (κ3) is 2.00. The third-order valence-corrected chi connectivity index (χ3v) is 2.83. The van der Waals surface area contributed by atoms with E-state index in [9.17, 15) is 19.7 Å². The van der Waals surface area contributed by atoms with E-state index in [1.54, 1.807) is 0 Å². The molecule has 0 fully saturated rings. The maximum absolute atomic E-state index is 12.0. The molecule has 0 atom stereocenters. The summed E-state index contributed by atoms with van der Waals surface area (Å²) in [5, 5.41) is 19.5. The van der Waals surface area contributed by atoms with Crippen molar-refractivity contribution in [1.82, 2.24) is 0 Å². The first kappa shape index (κ1) is 12.0. The number of nitro benzene ring substituents is 1. The zero-order chi connectivity index (χ0) is 13.3. The van der Waals surface area contributed by atoms with Gasteiger partial charge in [-0.15, -0.1) is 0 Å². The van der Waals surface area contributed by atoms with E-state index >= 15 is 0 Å². The van der Waals surface area contributed by atoms with Crippen LogP contribution in [0.4, 0.5) is 5.69 Å². The average molecular weight is 247 g/mol. The zero-order valence-electron chi connectivity index (χ0n) is 9.25. The average Bonchev–Trinajstić information content (AvgIpc) is 2.31. The highest BCUT2D eigenvalue weighted by Crippen LogP contribution is 2.31. The Morgan fingerprint density at radius 2 is 2.11 bits per heavy atom. The second-order valence-electron chi connectivity index (χ2n) is 3.90. The highest BCUT2D eigenvalue weighted by Gasteiger charge is 2.28. The number of nitrogens with zero attached hydrogens (tertiary/aromatic N) is 1. The van der Waals surface area contributed by atoms with Crippen molar-refractivity contribution in [3.05, 3.63) is 51.1 Å². The summed E-state index contributed by atoms with van der Waals surface area (Å²) in [5.41, 5.74) is 0.698. The molecule has 0 saturated heterocycles. The van der Waals surface area contributed by atoms with Gasteiger partial charge in [0, 0.05) is 28.8 Å². The number of rotatable bonds is 2. The number of hydrogen-bond donors (Lipinski definition) is 1. The Labute approximate surface area is 102 Å². The van der Waals surface area contributed by atoms with Gasteiger partial charge in [-0.25, -0.2) is 4.79 Å². The van der Waals surface area contributed by atoms with Crippen LogP contribution in [0, 0.1) is 10.1 Å². The normalized spacial score (nSPS) is 16.4. The van der Waals surface area contributed by atoms with Gasteiger partial charge in [0.05, 0.1) is 4.92 Å². The molecular weight excluding hydrogens is 238 g/mol. The third-order valence-electron chi connectivity index (χ3n) is 2.83. The summed E-state index contributed by atoms with van der Waals surface area (Å²) in [7, 11) is 0. The van der Waals surface area contributed by atoms with Crippen LogP contribution in [-0.4, -0.2) is 21.8 Å². The Morgan fingerprint density at radius 3 is 2.72 bits per heavy atom. The number of allylic oxidation sites excluding steroid dienone is 1. The van der Waals surface area contributed by atoms with Crippen molar-refractivity contribution in [3.8, 4) is 0 Å². The summed E-state index contributed by atoms with van der Waals surface area (Å²) >= 11 is 0. The smallest absolute Gasteiger partial charge is 0.328 e. The predicted octanol–water partition coefficient (Wildman–Crippen LogP) is 1.73. The summed E-state index contributed by atoms with van der Waals surface area (Å²) in [4.78, 5) is 32.8. The molecule has 1 aliphatic carbocycles. The standard InChI is InChI=1S/C12H9NO5/c14-11(15)6-7-4-5-8-9(12(7)16)2-1-3-10(8)13(17)18/h1-3,6H,4-5H2,(H,14,15)/b7-6-. The topological polar surface area (TPSA) is 97.5 Å². The molecule has 2 rings (SSSR count). The first-order valence-corrected chi connectivity index (χ1v) is 5.25. The summed E-state index contributed by atoms with van der Waals surface area (Å²) in [6.07, 6.45) is 1.38. The molecule has 0 bridgehead atoms. The lowest BCUT2D eigenvalue weighted by Gasteiger charge is -2.16. The fraction of sp³-hybridized carbons (Fsp3) is 0.167. The first-order chi connectivity index (χ1) is 8.50. The number of fused-ring (bicyclic) bond motifs is 1. The lowest BCUT2D eigenvalue weighted by Crippen LogP contribution is -2.16. The molecular formula is C12H9NO5. The van der Waals surface area contributed by atoms with Crippen molar-refractivity contribution in [2.45, 2.75) is 12.8 Å². The van der Waals surface area contributed by atoms with Gasteiger partial charge in [-0.1, -0.05) is 12.1 Å². The molecule has 6 heteroatoms. The molecule has 1 aromatic carbocycles. The van der Waals surface area contributed by atoms with E-state index in [1.165, 1.54) is 18.2 Å². The van der Waals surface area contributed by atoms with E-state index in [-0.39, 0.29) is 23.2 Å². The highest BCUT2D eigenvalue weighted by atomic mass is 16.6. The van der Waals surface area contributed by atoms with Crippen molar-refractivity contribution >= 4 is 17.4 Å². The molecule has 0 saturated carbocycles. The van der Waals surface area contributed by atoms with Gasteiger partial charge in [-0.3, -0.25) is 14.9 Å². The number of carbonyl (C=O) groups excluding carboxylic acids is 1. The molecule has 1 aromatic rings. The molecule has 0 heterocycles. The number of Topliss-reactive ketones (excluding diaryl/α,β-unsaturated/α-hetero) is 1. The summed E-state index contributed by atoms with van der Waals surface area (Å²) in [5.74, 6) is -1.63. The Hall–Kier alpha value is -2.50. The van der Waals surface area contributed by atoms with Crippen molar-refractivity contribution in [3.63, 3.8) is 0 Å². The number of ketones is 1. The quantitative estimate of drug-likeness (QED) is 0.487. The van der Waals surface area contributed by atoms with E-state index in [0.29, 0.717) is 12.0 Å². The molecule has 1 N–H and O–H groups in total. The minimum Gasteiger partial charge on any atom is -0.478 e. The van der Waals surface area contributed by atoms with E-state index in [4.69, 9.17) is 5.11 Å². The van der Waals surface area contributed by atoms with Crippen LogP contribution in [0.15, 0.2) is 29.8 Å². The Bertz CT molecular complexity index is 588. The van der Waals surface area contributed by atoms with Crippen LogP contribution in [0.3, 0.4) is 0 Å². The van der Waals surface area contributed by atoms with Crippen molar-refractivity contribution < 1.29 is 19.6 Å². The van der Waals surface area contributed by atoms with Gasteiger partial charge in [-0.05, 0) is 12.8 Å². The molecule has 0 radical (unpaired) electrons. The molecule has 0 aliphatic heterocycles. The zero-order valence-corrected chi connectivity index (χ0v) is 9.25. The van der Waals surface area contributed by atoms with E-state index in [2.05, 4.69) is 0 Å². The maximum atomic E-state index is 12.0. The van der Waals surface area contributed by atoms with Gasteiger partial charge in [-0.2, -0.15) is 0 Å². The number of carbonyl (C=O) groups is 2. The fourth-order valence-electron chi connectivity index (χ4n) is 2.05. The highest BCUT2D eigenvalue weighted by molar-refractivity contribution is 6.13. The number of benzene rings is 1. The minimum absolute atomic E-state index is 0.0878. The number of carboxylic acid groups (broad SMARTS) is 1. The van der Waals surface area contributed by atoms with E-state index in [0.717, 1.165) is 6.08 Å². The van der Waals surface area contributed by atoms with Crippen LogP contribution in [0.25, 0.3) is 0 Å². The van der Waals surface area contributed by atoms with Gasteiger partial charge in [0.25, 0.3) is 5.69 Å². The minimum atomic E-state index is -1.19. The van der Waals surface area contributed by atoms with Gasteiger partial charge in [0.2, 0.25) is 0 Å². The Kier molecular flexibility index (Phi) is 2.93. The van der Waals surface area contributed by atoms with E-state index in [1.807, 2.05) is 0 Å². The molecule has 0 unspecified atom stereocenters. The second-order valence-corrected chi connectivity index (χ2v) is 3.90. The summed E-state index contributed by atoms with van der Waals surface area (Å²) in [6, 6.07) is 4.26. The molecule has 0 aromatic heterocycles. The maximum Gasteiger partial charge on any atom is 0.328 e. The molecule has 1 aliphatic rings. The van der Waals surface area contributed by atoms with Gasteiger partial charge < -0.3 is 5.11 Å². The van der Waals surface area contributed by atoms with Crippen molar-refractivity contribution in [2.75, 3.05) is 0 Å². The van der Waals surface area contributed by atoms with Crippen LogP contribution in [0.2, 0.25) is 0 Å². The van der Waals surface area contributed by atoms with Crippen LogP contribution < -0.4 is 0 Å². The lowest BCUT2D eigenvalue weighted by atomic mass is 9.86. The molecule has 92 valence electrons. The Morgan fingerprint density at radius 1 is 1.39 bits per heavy atom. The first-order valence-electron chi connectivity index (χ1n) is 5.25. The molecule has 0 spiro atoms. The number of hydrogen-bond acceptors (Lipinski definition) is 4. The molecule has 6 nitrogen and oxygen atoms in total. The van der Waals surface area contributed by atoms with Crippen molar-refractivity contribution in [2.24, 2.45) is 0 Å². The molecule has 18 heavy (non-hydrogen) atoms. The largest absolute Gasteiger partial charge is 0.478 e. The lowest BCUT2D eigenvalue weighted by molar-refractivity contribution is -0.385. The van der Waals surface area contributed by atoms with Crippen LogP contribution in [0.1, 0.15) is 22.3 Å². The van der Waals surface area contributed by atoms with Crippen LogP contribution in [0.5, 0.6) is 0 Å². The predicted molar refractivity (Wildman–Crippen MR) is 61.5 cm³/mol. The SMILES string of the molecule is O=C(O)/C=C1/CCc2c(cccc2[N+](=O)[O-])C1=O. The van der Waals surface area contributed by atoms with Gasteiger partial charge >= 0.3 is 5.97 Å². The summed E-state index contributed by atoms with van der Waals surface area (Å²) < 4.78 is 0. The second kappa shape index (κ2) is 4.40. The van der Waals surface area contributed by atoms with Crippen LogP contribution >= 0.6 is 0 Å². The van der Waals surface area contributed by atoms with Crippen molar-refractivity contribution in [1.29, 1.82) is 0 Å².